The summed E-state index contributed by atoms with van der Waals surface area (Å²) in [6.45, 7) is 46.0. The molecule has 0 atom stereocenters. The number of unbranched alkanes of at least 4 members (excludes halogenated alkanes) is 24. The highest BCUT2D eigenvalue weighted by molar-refractivity contribution is 7.26. The molecule has 150 heavy (non-hydrogen) atoms. The molecule has 0 bridgehead atoms. The maximum Gasteiger partial charge on any atom is 0.0481 e. The molecule has 0 unspecified atom stereocenters. The van der Waals surface area contributed by atoms with Crippen LogP contribution >= 0.6 is 90.7 Å². The van der Waals surface area contributed by atoms with Crippen LogP contribution in [0.4, 0.5) is 0 Å². The molecule has 8 aromatic carbocycles. The van der Waals surface area contributed by atoms with E-state index in [0.29, 0.717) is 0 Å². The first kappa shape index (κ1) is 115. The Labute approximate surface area is 940 Å². The van der Waals surface area contributed by atoms with Crippen molar-refractivity contribution in [2.24, 2.45) is 0 Å². The Morgan fingerprint density at radius 2 is 0.340 bits per heavy atom. The van der Waals surface area contributed by atoms with E-state index in [9.17, 15) is 0 Å². The molecule has 0 spiro atoms. The third kappa shape index (κ3) is 29.8. The van der Waals surface area contributed by atoms with Crippen LogP contribution in [0.5, 0.6) is 0 Å². The van der Waals surface area contributed by atoms with Crippen LogP contribution < -0.4 is 0 Å². The van der Waals surface area contributed by atoms with E-state index < -0.39 is 0 Å². The average molecular weight is 2140 g/mol. The van der Waals surface area contributed by atoms with Gasteiger partial charge < -0.3 is 0 Å². The van der Waals surface area contributed by atoms with Crippen LogP contribution in [-0.4, -0.2) is 0 Å². The van der Waals surface area contributed by atoms with E-state index in [4.69, 9.17) is 0 Å². The Bertz CT molecular complexity index is 6510. The summed E-state index contributed by atoms with van der Waals surface area (Å²) < 4.78 is 0. The summed E-state index contributed by atoms with van der Waals surface area (Å²) in [5.74, 6) is 0. The zero-order valence-electron chi connectivity index (χ0n) is 95.3. The van der Waals surface area contributed by atoms with Gasteiger partial charge in [0.25, 0.3) is 0 Å². The van der Waals surface area contributed by atoms with Gasteiger partial charge in [-0.2, -0.15) is 0 Å². The maximum atomic E-state index is 2.53. The Hall–Kier alpha value is -8.64. The summed E-state index contributed by atoms with van der Waals surface area (Å²) in [4.78, 5) is 23.7. The van der Waals surface area contributed by atoms with E-state index >= 15 is 0 Å². The van der Waals surface area contributed by atoms with E-state index in [1.807, 2.05) is 90.7 Å². The minimum absolute atomic E-state index is 0.0350. The number of benzene rings is 8. The summed E-state index contributed by atoms with van der Waals surface area (Å²) >= 11 is 16.1. The number of rotatable bonds is 50. The largest absolute Gasteiger partial charge is 0.139 e. The van der Waals surface area contributed by atoms with Crippen molar-refractivity contribution >= 4 is 90.7 Å². The van der Waals surface area contributed by atoms with E-state index in [1.54, 1.807) is 44.5 Å². The van der Waals surface area contributed by atoms with Gasteiger partial charge in [-0.1, -0.05) is 417 Å². The SMILES string of the molecule is CCCCCCc1cc(-c2sc(-c3ccc(-c4ccc(C)cc4)cc3)cc2CCCCCC)sc1C.CCCCCCc1cc(-c2sc(-c3ccc(-c4ccc(C)cc4)cc3)cc2CCCCCC)sc1C.CCCCCCc1cc(-c2sc(-c3ccc4c(c3)C(C)(C)c3cc(C)ccc3-4)cc2CCCCCC)sc1C.CCCCCCc1cc(-c2sc(-c3ccc4c(c3)C(C)(C)c3cc(C)ccc3-4)cc2CCCCCC)sc1C. The highest BCUT2D eigenvalue weighted by atomic mass is 32.1. The van der Waals surface area contributed by atoms with Crippen molar-refractivity contribution in [3.8, 4) is 125 Å². The lowest BCUT2D eigenvalue weighted by molar-refractivity contribution is 0.660. The molecule has 0 amide bonds. The smallest absolute Gasteiger partial charge is 0.0481 e. The van der Waals surface area contributed by atoms with Gasteiger partial charge in [0.1, 0.15) is 0 Å². The second-order valence-corrected chi connectivity index (χ2v) is 54.1. The van der Waals surface area contributed by atoms with Crippen LogP contribution in [-0.2, 0) is 62.2 Å². The minimum Gasteiger partial charge on any atom is -0.139 e. The topological polar surface area (TPSA) is 0 Å². The zero-order chi connectivity index (χ0) is 106. The Balaban J connectivity index is 0.000000150. The molecule has 0 saturated heterocycles. The highest BCUT2D eigenvalue weighted by Gasteiger charge is 2.38. The molecule has 0 N–H and O–H groups in total. The van der Waals surface area contributed by atoms with Gasteiger partial charge in [-0.25, -0.2) is 0 Å². The Kier molecular flexibility index (Phi) is 43.6. The van der Waals surface area contributed by atoms with Gasteiger partial charge in [-0.05, 0) is 352 Å². The van der Waals surface area contributed by atoms with Crippen LogP contribution in [0.15, 0.2) is 218 Å². The van der Waals surface area contributed by atoms with Gasteiger partial charge in [0.15, 0.2) is 0 Å². The lowest BCUT2D eigenvalue weighted by Gasteiger charge is -2.22. The van der Waals surface area contributed by atoms with Crippen LogP contribution in [0.25, 0.3) is 125 Å². The van der Waals surface area contributed by atoms with E-state index in [-0.39, 0.29) is 10.8 Å². The first-order valence-corrected chi connectivity index (χ1v) is 65.1. The molecule has 2 aliphatic rings. The molecule has 0 fully saturated rings. The van der Waals surface area contributed by atoms with Gasteiger partial charge >= 0.3 is 0 Å². The van der Waals surface area contributed by atoms with Crippen LogP contribution in [0.3, 0.4) is 0 Å². The molecule has 18 rings (SSSR count). The second kappa shape index (κ2) is 56.7. The van der Waals surface area contributed by atoms with Gasteiger partial charge in [-0.15, -0.1) is 90.7 Å². The van der Waals surface area contributed by atoms with Crippen molar-refractivity contribution in [3.05, 3.63) is 327 Å². The number of fused-ring (bicyclic) bond motifs is 6. The van der Waals surface area contributed by atoms with Crippen LogP contribution in [0.2, 0.25) is 0 Å². The molecule has 2 aliphatic carbocycles. The lowest BCUT2D eigenvalue weighted by Crippen LogP contribution is -2.15. The van der Waals surface area contributed by atoms with Crippen molar-refractivity contribution in [3.63, 3.8) is 0 Å². The van der Waals surface area contributed by atoms with E-state index in [1.165, 1.54) is 446 Å². The van der Waals surface area contributed by atoms with Crippen molar-refractivity contribution in [1.29, 1.82) is 0 Å². The molecule has 0 radical (unpaired) electrons. The molecule has 792 valence electrons. The van der Waals surface area contributed by atoms with Crippen molar-refractivity contribution in [2.75, 3.05) is 0 Å². The van der Waals surface area contributed by atoms with Gasteiger partial charge in [0.05, 0.1) is 0 Å². The summed E-state index contributed by atoms with van der Waals surface area (Å²) in [7, 11) is 0. The fraction of sp³-hybridized carbons (Fsp3) is 0.437. The Morgan fingerprint density at radius 3 is 0.573 bits per heavy atom. The lowest BCUT2D eigenvalue weighted by atomic mass is 9.81. The molecule has 0 saturated carbocycles. The molecule has 0 aliphatic heterocycles. The maximum absolute atomic E-state index is 2.53. The summed E-state index contributed by atoms with van der Waals surface area (Å²) in [5, 5.41) is 0. The summed E-state index contributed by atoms with van der Waals surface area (Å²) in [6, 6.07) is 84.6. The first-order valence-electron chi connectivity index (χ1n) is 58.6. The standard InChI is InChI=1S/2C37H46S2.2C34H42S2/c2*1-7-9-11-13-15-27-23-35(38-26(27)4)36-29(16-14-12-10-8-2)24-34(39-36)28-18-20-31-30-19-17-25(3)21-32(30)37(5,6)33(31)22-28;2*1-5-7-9-11-13-30-23-33(35-26(30)4)34-31(14-12-10-8-6-2)24-32(36-34)29-21-19-28(20-22-29)27-17-15-25(3)16-18-27/h2*17-24H,7-16H2,1-6H3;2*15-24H,5-14H2,1-4H3. The normalized spacial score (nSPS) is 12.5. The molecule has 0 nitrogen and oxygen atoms in total. The zero-order valence-corrected chi connectivity index (χ0v) is 102. The molecule has 8 heterocycles. The number of hydrogen-bond donors (Lipinski definition) is 0. The molecule has 16 aromatic rings. The highest BCUT2D eigenvalue weighted by Crippen LogP contribution is 2.56. The molecule has 8 heteroatoms. The number of aryl methyl sites for hydroxylation is 16. The van der Waals surface area contributed by atoms with Crippen molar-refractivity contribution in [2.45, 2.75) is 406 Å². The monoisotopic (exact) mass is 2140 g/mol. The van der Waals surface area contributed by atoms with E-state index in [0.717, 1.165) is 0 Å². The molecule has 8 aromatic heterocycles. The predicted octanol–water partition coefficient (Wildman–Crippen LogP) is 48.0. The third-order valence-corrected chi connectivity index (χ3v) is 41.9. The number of thiophene rings is 8. The summed E-state index contributed by atoms with van der Waals surface area (Å²) in [5.41, 5.74) is 40.0. The van der Waals surface area contributed by atoms with Crippen molar-refractivity contribution in [1.82, 2.24) is 0 Å². The Morgan fingerprint density at radius 1 is 0.160 bits per heavy atom. The second-order valence-electron chi connectivity index (χ2n) is 44.9. The van der Waals surface area contributed by atoms with E-state index in [2.05, 4.69) is 357 Å². The van der Waals surface area contributed by atoms with Crippen LogP contribution in [0, 0.1) is 55.4 Å². The minimum atomic E-state index is 0.0350. The van der Waals surface area contributed by atoms with Gasteiger partial charge in [0.2, 0.25) is 0 Å². The summed E-state index contributed by atoms with van der Waals surface area (Å²) in [6.07, 6.45) is 52.0. The fourth-order valence-electron chi connectivity index (χ4n) is 22.5. The molecular weight excluding hydrogens is 1960 g/mol. The van der Waals surface area contributed by atoms with Gasteiger partial charge in [-0.3, -0.25) is 0 Å². The third-order valence-electron chi connectivity index (χ3n) is 32.0. The van der Waals surface area contributed by atoms with Gasteiger partial charge in [0, 0.05) is 88.9 Å². The fourth-order valence-corrected chi connectivity index (χ4v) is 32.1. The first-order chi connectivity index (χ1) is 72.8. The quantitative estimate of drug-likeness (QED) is 0.0333. The molecular formula is C142H176S8. The van der Waals surface area contributed by atoms with Crippen LogP contribution in [0.1, 0.15) is 397 Å². The average Bonchev–Trinajstić information content (AvgIpc) is 1.58. The number of hydrogen-bond acceptors (Lipinski definition) is 8. The van der Waals surface area contributed by atoms with Crippen molar-refractivity contribution < 1.29 is 0 Å². The predicted molar refractivity (Wildman–Crippen MR) is 679 cm³/mol.